The lowest BCUT2D eigenvalue weighted by Gasteiger charge is -2.46. The number of likely N-dealkylation sites (tertiary alicyclic amines) is 1. The molecule has 0 saturated carbocycles. The summed E-state index contributed by atoms with van der Waals surface area (Å²) in [6.07, 6.45) is 6.10. The molecule has 36 heavy (non-hydrogen) atoms. The topological polar surface area (TPSA) is 99.2 Å². The highest BCUT2D eigenvalue weighted by Crippen LogP contribution is 2.32. The maximum Gasteiger partial charge on any atom is 0.263 e. The number of carbonyl (C=O) groups excluding carboxylic acids is 2. The second-order valence-corrected chi connectivity index (χ2v) is 12.5. The van der Waals surface area contributed by atoms with E-state index < -0.39 is 0 Å². The van der Waals surface area contributed by atoms with Gasteiger partial charge in [-0.1, -0.05) is 6.92 Å². The van der Waals surface area contributed by atoms with Gasteiger partial charge in [-0.15, -0.1) is 11.3 Å². The van der Waals surface area contributed by atoms with Crippen molar-refractivity contribution >= 4 is 29.1 Å². The van der Waals surface area contributed by atoms with Gasteiger partial charge in [0.1, 0.15) is 0 Å². The summed E-state index contributed by atoms with van der Waals surface area (Å²) in [4.78, 5) is 38.1. The predicted molar refractivity (Wildman–Crippen MR) is 145 cm³/mol. The molecule has 2 aliphatic heterocycles. The quantitative estimate of drug-likeness (QED) is 0.511. The molecular formula is C27H40N6O2S. The van der Waals surface area contributed by atoms with Gasteiger partial charge < -0.3 is 20.9 Å². The SMILES string of the molecule is CCCNC(=O)C1CCN(C(=O)c2ccc(-c3ccnc(NC4CC(C)(C)NC(C)(C)C4)n3)s2)CC1. The van der Waals surface area contributed by atoms with E-state index in [2.05, 4.69) is 48.6 Å². The summed E-state index contributed by atoms with van der Waals surface area (Å²) in [5, 5.41) is 10.2. The van der Waals surface area contributed by atoms with Crippen molar-refractivity contribution in [2.75, 3.05) is 25.0 Å². The van der Waals surface area contributed by atoms with Crippen LogP contribution in [0.15, 0.2) is 24.4 Å². The number of hydrogen-bond donors (Lipinski definition) is 3. The van der Waals surface area contributed by atoms with E-state index in [0.29, 0.717) is 43.3 Å². The lowest BCUT2D eigenvalue weighted by atomic mass is 9.80. The Kier molecular flexibility index (Phi) is 7.99. The van der Waals surface area contributed by atoms with E-state index in [0.717, 1.165) is 29.8 Å². The third kappa shape index (κ3) is 6.62. The van der Waals surface area contributed by atoms with E-state index in [1.54, 1.807) is 6.20 Å². The van der Waals surface area contributed by atoms with Crippen molar-refractivity contribution < 1.29 is 9.59 Å². The summed E-state index contributed by atoms with van der Waals surface area (Å²) in [7, 11) is 0. The van der Waals surface area contributed by atoms with Crippen LogP contribution in [0, 0.1) is 5.92 Å². The Bertz CT molecular complexity index is 1060. The summed E-state index contributed by atoms with van der Waals surface area (Å²) >= 11 is 1.46. The van der Waals surface area contributed by atoms with E-state index in [4.69, 9.17) is 4.98 Å². The number of amides is 2. The maximum atomic E-state index is 13.1. The first kappa shape index (κ1) is 26.5. The number of thiophene rings is 1. The second-order valence-electron chi connectivity index (χ2n) is 11.4. The molecule has 0 radical (unpaired) electrons. The summed E-state index contributed by atoms with van der Waals surface area (Å²) < 4.78 is 0. The molecule has 8 nitrogen and oxygen atoms in total. The molecule has 4 rings (SSSR count). The first-order valence-electron chi connectivity index (χ1n) is 13.1. The summed E-state index contributed by atoms with van der Waals surface area (Å²) in [5.74, 6) is 0.774. The highest BCUT2D eigenvalue weighted by Gasteiger charge is 2.38. The Hall–Kier alpha value is -2.52. The molecular weight excluding hydrogens is 472 g/mol. The van der Waals surface area contributed by atoms with E-state index in [9.17, 15) is 9.59 Å². The fourth-order valence-corrected chi connectivity index (χ4v) is 6.60. The molecule has 2 fully saturated rings. The molecule has 0 spiro atoms. The first-order valence-corrected chi connectivity index (χ1v) is 13.9. The average Bonchev–Trinajstić information content (AvgIpc) is 3.31. The molecule has 2 amide bonds. The Morgan fingerprint density at radius 2 is 1.81 bits per heavy atom. The van der Waals surface area contributed by atoms with Crippen LogP contribution in [0.1, 0.15) is 76.4 Å². The van der Waals surface area contributed by atoms with Gasteiger partial charge in [0.25, 0.3) is 5.91 Å². The predicted octanol–water partition coefficient (Wildman–Crippen LogP) is 4.30. The number of rotatable bonds is 7. The Morgan fingerprint density at radius 1 is 1.11 bits per heavy atom. The minimum absolute atomic E-state index is 0.00234. The monoisotopic (exact) mass is 512 g/mol. The number of anilines is 1. The van der Waals surface area contributed by atoms with Gasteiger partial charge in [0.05, 0.1) is 15.4 Å². The van der Waals surface area contributed by atoms with Crippen LogP contribution in [0.25, 0.3) is 10.6 Å². The highest BCUT2D eigenvalue weighted by atomic mass is 32.1. The van der Waals surface area contributed by atoms with Crippen LogP contribution < -0.4 is 16.0 Å². The molecule has 2 aromatic heterocycles. The van der Waals surface area contributed by atoms with Gasteiger partial charge in [0, 0.05) is 48.9 Å². The fraction of sp³-hybridized carbons (Fsp3) is 0.630. The van der Waals surface area contributed by atoms with Crippen LogP contribution in [0.5, 0.6) is 0 Å². The normalized spacial score (nSPS) is 20.2. The van der Waals surface area contributed by atoms with Gasteiger partial charge in [-0.3, -0.25) is 9.59 Å². The zero-order valence-corrected chi connectivity index (χ0v) is 23.0. The van der Waals surface area contributed by atoms with Gasteiger partial charge in [-0.05, 0) is 78.0 Å². The number of piperidine rings is 2. The van der Waals surface area contributed by atoms with E-state index in [1.807, 2.05) is 30.0 Å². The molecule has 2 saturated heterocycles. The minimum Gasteiger partial charge on any atom is -0.356 e. The van der Waals surface area contributed by atoms with Crippen LogP contribution in [0.3, 0.4) is 0 Å². The van der Waals surface area contributed by atoms with Crippen molar-refractivity contribution in [3.63, 3.8) is 0 Å². The molecule has 2 aromatic rings. The average molecular weight is 513 g/mol. The van der Waals surface area contributed by atoms with Crippen molar-refractivity contribution in [3.8, 4) is 10.6 Å². The second kappa shape index (κ2) is 10.8. The van der Waals surface area contributed by atoms with Crippen molar-refractivity contribution in [1.29, 1.82) is 0 Å². The van der Waals surface area contributed by atoms with Gasteiger partial charge in [-0.2, -0.15) is 0 Å². The molecule has 0 unspecified atom stereocenters. The van der Waals surface area contributed by atoms with Gasteiger partial charge >= 0.3 is 0 Å². The number of nitrogens with zero attached hydrogens (tertiary/aromatic N) is 3. The minimum atomic E-state index is 0.00234. The Balaban J connectivity index is 1.38. The van der Waals surface area contributed by atoms with E-state index in [-0.39, 0.29) is 34.9 Å². The number of carbonyl (C=O) groups is 2. The fourth-order valence-electron chi connectivity index (χ4n) is 5.66. The van der Waals surface area contributed by atoms with E-state index >= 15 is 0 Å². The summed E-state index contributed by atoms with van der Waals surface area (Å²) in [6, 6.07) is 6.02. The molecule has 0 bridgehead atoms. The molecule has 0 atom stereocenters. The largest absolute Gasteiger partial charge is 0.356 e. The molecule has 0 aliphatic carbocycles. The van der Waals surface area contributed by atoms with Crippen LogP contribution in [-0.2, 0) is 4.79 Å². The number of aromatic nitrogens is 2. The lowest BCUT2D eigenvalue weighted by Crippen LogP contribution is -2.60. The van der Waals surface area contributed by atoms with Crippen molar-refractivity contribution in [3.05, 3.63) is 29.3 Å². The van der Waals surface area contributed by atoms with Crippen molar-refractivity contribution in [2.45, 2.75) is 83.8 Å². The summed E-state index contributed by atoms with van der Waals surface area (Å²) in [5.41, 5.74) is 0.886. The van der Waals surface area contributed by atoms with Gasteiger partial charge in [-0.25, -0.2) is 9.97 Å². The number of hydrogen-bond acceptors (Lipinski definition) is 7. The zero-order valence-electron chi connectivity index (χ0n) is 22.2. The van der Waals surface area contributed by atoms with Crippen LogP contribution in [-0.4, -0.2) is 63.4 Å². The maximum absolute atomic E-state index is 13.1. The first-order chi connectivity index (χ1) is 17.0. The summed E-state index contributed by atoms with van der Waals surface area (Å²) in [6.45, 7) is 12.9. The van der Waals surface area contributed by atoms with E-state index in [1.165, 1.54) is 11.3 Å². The van der Waals surface area contributed by atoms with Crippen molar-refractivity contribution in [2.24, 2.45) is 5.92 Å². The number of nitrogens with one attached hydrogen (secondary N) is 3. The van der Waals surface area contributed by atoms with Crippen LogP contribution >= 0.6 is 11.3 Å². The smallest absolute Gasteiger partial charge is 0.263 e. The van der Waals surface area contributed by atoms with Gasteiger partial charge in [0.15, 0.2) is 0 Å². The molecule has 4 heterocycles. The lowest BCUT2D eigenvalue weighted by molar-refractivity contribution is -0.126. The molecule has 196 valence electrons. The third-order valence-corrected chi connectivity index (χ3v) is 8.05. The molecule has 2 aliphatic rings. The molecule has 3 N–H and O–H groups in total. The van der Waals surface area contributed by atoms with Crippen LogP contribution in [0.4, 0.5) is 5.95 Å². The molecule has 0 aromatic carbocycles. The standard InChI is InChI=1S/C27H40N6O2S/c1-6-12-28-23(34)18-10-14-33(15-11-18)24(35)22-8-7-21(36-22)20-9-13-29-25(31-20)30-19-16-26(2,3)32-27(4,5)17-19/h7-9,13,18-19,32H,6,10-12,14-17H2,1-5H3,(H,28,34)(H,29,30,31). The highest BCUT2D eigenvalue weighted by molar-refractivity contribution is 7.17. The molecule has 9 heteroatoms. The Labute approximate surface area is 218 Å². The van der Waals surface area contributed by atoms with Crippen molar-refractivity contribution in [1.82, 2.24) is 25.5 Å². The van der Waals surface area contributed by atoms with Crippen LogP contribution in [0.2, 0.25) is 0 Å². The van der Waals surface area contributed by atoms with Gasteiger partial charge in [0.2, 0.25) is 11.9 Å². The third-order valence-electron chi connectivity index (χ3n) is 6.95. The zero-order chi connectivity index (χ0) is 25.9. The Morgan fingerprint density at radius 3 is 2.47 bits per heavy atom.